The summed E-state index contributed by atoms with van der Waals surface area (Å²) in [5.74, 6) is 1.94. The molecule has 4 nitrogen and oxygen atoms in total. The lowest BCUT2D eigenvalue weighted by Gasteiger charge is -2.11. The zero-order valence-corrected chi connectivity index (χ0v) is 11.2. The van der Waals surface area contributed by atoms with Gasteiger partial charge in [0.05, 0.1) is 7.11 Å². The molecule has 4 heteroatoms. The number of nitrogens with two attached hydrogens (primary N) is 1. The van der Waals surface area contributed by atoms with E-state index in [9.17, 15) is 0 Å². The van der Waals surface area contributed by atoms with Gasteiger partial charge in [-0.15, -0.1) is 0 Å². The van der Waals surface area contributed by atoms with Gasteiger partial charge in [-0.25, -0.2) is 0 Å². The number of rotatable bonds is 6. The van der Waals surface area contributed by atoms with Crippen LogP contribution in [0.2, 0.25) is 0 Å². The molecule has 1 aliphatic heterocycles. The maximum Gasteiger partial charge on any atom is 0.123 e. The van der Waals surface area contributed by atoms with Crippen LogP contribution in [-0.2, 0) is 13.0 Å². The number of nitrogens with one attached hydrogen (secondary N) is 1. The van der Waals surface area contributed by atoms with Gasteiger partial charge in [0.25, 0.3) is 0 Å². The Bertz CT molecular complexity index is 407. The number of hydrogen-bond donors (Lipinski definition) is 2. The Morgan fingerprint density at radius 2 is 2.33 bits per heavy atom. The largest absolute Gasteiger partial charge is 0.496 e. The van der Waals surface area contributed by atoms with Crippen molar-refractivity contribution in [3.63, 3.8) is 0 Å². The van der Waals surface area contributed by atoms with Gasteiger partial charge in [0, 0.05) is 24.1 Å². The maximum atomic E-state index is 5.77. The average Bonchev–Trinajstić information content (AvgIpc) is 2.72. The van der Waals surface area contributed by atoms with E-state index in [0.29, 0.717) is 0 Å². The molecule has 100 valence electrons. The van der Waals surface area contributed by atoms with E-state index in [4.69, 9.17) is 15.2 Å². The van der Waals surface area contributed by atoms with Crippen LogP contribution in [0.1, 0.15) is 24.5 Å². The first kappa shape index (κ1) is 13.2. The average molecular weight is 250 g/mol. The monoisotopic (exact) mass is 250 g/mol. The van der Waals surface area contributed by atoms with E-state index in [1.165, 1.54) is 5.56 Å². The van der Waals surface area contributed by atoms with Crippen molar-refractivity contribution in [2.45, 2.75) is 32.4 Å². The second kappa shape index (κ2) is 6.07. The molecule has 0 saturated carbocycles. The first-order valence-corrected chi connectivity index (χ1v) is 6.51. The predicted octanol–water partition coefficient (Wildman–Crippen LogP) is 1.46. The van der Waals surface area contributed by atoms with Gasteiger partial charge in [0.15, 0.2) is 0 Å². The maximum absolute atomic E-state index is 5.77. The highest BCUT2D eigenvalue weighted by atomic mass is 16.5. The first-order chi connectivity index (χ1) is 8.74. The molecule has 3 N–H and O–H groups in total. The molecule has 18 heavy (non-hydrogen) atoms. The van der Waals surface area contributed by atoms with Gasteiger partial charge in [-0.05, 0) is 38.6 Å². The second-order valence-corrected chi connectivity index (χ2v) is 4.72. The molecule has 0 amide bonds. The van der Waals surface area contributed by atoms with Crippen molar-refractivity contribution in [3.05, 3.63) is 23.3 Å². The second-order valence-electron chi connectivity index (χ2n) is 4.72. The van der Waals surface area contributed by atoms with E-state index in [1.807, 2.05) is 0 Å². The lowest BCUT2D eigenvalue weighted by molar-refractivity contribution is 0.254. The zero-order valence-electron chi connectivity index (χ0n) is 11.2. The normalized spacial score (nSPS) is 17.4. The van der Waals surface area contributed by atoms with Crippen LogP contribution < -0.4 is 20.5 Å². The Labute approximate surface area is 108 Å². The van der Waals surface area contributed by atoms with Crippen LogP contribution in [0.25, 0.3) is 0 Å². The van der Waals surface area contributed by atoms with Gasteiger partial charge in [-0.1, -0.05) is 0 Å². The molecule has 0 aromatic heterocycles. The van der Waals surface area contributed by atoms with Gasteiger partial charge in [0.2, 0.25) is 0 Å². The Morgan fingerprint density at radius 1 is 1.50 bits per heavy atom. The summed E-state index contributed by atoms with van der Waals surface area (Å²) in [6.45, 7) is 4.52. The molecule has 0 spiro atoms. The number of hydrogen-bond acceptors (Lipinski definition) is 4. The van der Waals surface area contributed by atoms with E-state index in [-0.39, 0.29) is 6.10 Å². The molecule has 0 saturated heterocycles. The van der Waals surface area contributed by atoms with Crippen LogP contribution in [-0.4, -0.2) is 26.3 Å². The summed E-state index contributed by atoms with van der Waals surface area (Å²) in [6, 6.07) is 4.19. The lowest BCUT2D eigenvalue weighted by Crippen LogP contribution is -2.18. The predicted molar refractivity (Wildman–Crippen MR) is 72.2 cm³/mol. The summed E-state index contributed by atoms with van der Waals surface area (Å²) >= 11 is 0. The molecular formula is C14H22N2O2. The molecule has 1 aromatic carbocycles. The smallest absolute Gasteiger partial charge is 0.123 e. The Morgan fingerprint density at radius 3 is 3.06 bits per heavy atom. The SMILES string of the molecule is COc1cc2c(cc1CNCCCN)OC(C)C2. The van der Waals surface area contributed by atoms with E-state index >= 15 is 0 Å². The summed E-state index contributed by atoms with van der Waals surface area (Å²) < 4.78 is 11.2. The number of methoxy groups -OCH3 is 1. The first-order valence-electron chi connectivity index (χ1n) is 6.51. The topological polar surface area (TPSA) is 56.5 Å². The van der Waals surface area contributed by atoms with E-state index in [0.717, 1.165) is 49.5 Å². The summed E-state index contributed by atoms with van der Waals surface area (Å²) in [5.41, 5.74) is 7.85. The fraction of sp³-hybridized carbons (Fsp3) is 0.571. The van der Waals surface area contributed by atoms with Crippen LogP contribution in [0.4, 0.5) is 0 Å². The minimum atomic E-state index is 0.269. The van der Waals surface area contributed by atoms with Crippen molar-refractivity contribution in [3.8, 4) is 11.5 Å². The summed E-state index contributed by atoms with van der Waals surface area (Å²) in [7, 11) is 1.71. The van der Waals surface area contributed by atoms with Crippen LogP contribution in [0.3, 0.4) is 0 Å². The molecule has 0 aliphatic carbocycles. The molecule has 1 heterocycles. The fourth-order valence-corrected chi connectivity index (χ4v) is 2.26. The van der Waals surface area contributed by atoms with Crippen molar-refractivity contribution in [2.24, 2.45) is 5.73 Å². The van der Waals surface area contributed by atoms with E-state index in [2.05, 4.69) is 24.4 Å². The van der Waals surface area contributed by atoms with Gasteiger partial charge >= 0.3 is 0 Å². The highest BCUT2D eigenvalue weighted by molar-refractivity contribution is 5.48. The Hall–Kier alpha value is -1.26. The molecule has 0 bridgehead atoms. The van der Waals surface area contributed by atoms with Gasteiger partial charge < -0.3 is 20.5 Å². The van der Waals surface area contributed by atoms with Crippen LogP contribution in [0.5, 0.6) is 11.5 Å². The van der Waals surface area contributed by atoms with Crippen molar-refractivity contribution in [1.82, 2.24) is 5.32 Å². The molecule has 2 rings (SSSR count). The number of benzene rings is 1. The molecular weight excluding hydrogens is 228 g/mol. The lowest BCUT2D eigenvalue weighted by atomic mass is 10.1. The highest BCUT2D eigenvalue weighted by Crippen LogP contribution is 2.34. The molecule has 0 radical (unpaired) electrons. The van der Waals surface area contributed by atoms with E-state index in [1.54, 1.807) is 7.11 Å². The van der Waals surface area contributed by atoms with Gasteiger partial charge in [-0.2, -0.15) is 0 Å². The van der Waals surface area contributed by atoms with Gasteiger partial charge in [0.1, 0.15) is 17.6 Å². The highest BCUT2D eigenvalue weighted by Gasteiger charge is 2.21. The molecule has 1 atom stereocenters. The third-order valence-electron chi connectivity index (χ3n) is 3.17. The molecule has 1 unspecified atom stereocenters. The van der Waals surface area contributed by atoms with Crippen molar-refractivity contribution in [1.29, 1.82) is 0 Å². The standard InChI is InChI=1S/C14H22N2O2/c1-10-6-11-7-13(17-2)12(8-14(11)18-10)9-16-5-3-4-15/h7-8,10,16H,3-6,9,15H2,1-2H3. The van der Waals surface area contributed by atoms with Gasteiger partial charge in [-0.3, -0.25) is 0 Å². The minimum Gasteiger partial charge on any atom is -0.496 e. The zero-order chi connectivity index (χ0) is 13.0. The molecule has 0 fully saturated rings. The summed E-state index contributed by atoms with van der Waals surface area (Å²) in [6.07, 6.45) is 2.22. The van der Waals surface area contributed by atoms with Crippen molar-refractivity contribution >= 4 is 0 Å². The van der Waals surface area contributed by atoms with Crippen LogP contribution in [0.15, 0.2) is 12.1 Å². The minimum absolute atomic E-state index is 0.269. The van der Waals surface area contributed by atoms with Crippen LogP contribution in [0, 0.1) is 0 Å². The summed E-state index contributed by atoms with van der Waals surface area (Å²) in [5, 5.41) is 3.36. The quantitative estimate of drug-likeness (QED) is 0.750. The number of ether oxygens (including phenoxy) is 2. The van der Waals surface area contributed by atoms with Crippen LogP contribution >= 0.6 is 0 Å². The third kappa shape index (κ3) is 2.94. The fourth-order valence-electron chi connectivity index (χ4n) is 2.26. The Kier molecular flexibility index (Phi) is 4.44. The number of fused-ring (bicyclic) bond motifs is 1. The Balaban J connectivity index is 2.07. The van der Waals surface area contributed by atoms with Crippen molar-refractivity contribution < 1.29 is 9.47 Å². The molecule has 1 aromatic rings. The van der Waals surface area contributed by atoms with Crippen molar-refractivity contribution in [2.75, 3.05) is 20.2 Å². The van der Waals surface area contributed by atoms with E-state index < -0.39 is 0 Å². The molecule has 1 aliphatic rings. The summed E-state index contributed by atoms with van der Waals surface area (Å²) in [4.78, 5) is 0. The third-order valence-corrected chi connectivity index (χ3v) is 3.17.